The van der Waals surface area contributed by atoms with E-state index in [1.165, 1.54) is 11.4 Å². The van der Waals surface area contributed by atoms with Crippen LogP contribution in [0.3, 0.4) is 0 Å². The van der Waals surface area contributed by atoms with Crippen LogP contribution in [0.1, 0.15) is 50.9 Å². The predicted octanol–water partition coefficient (Wildman–Crippen LogP) is 3.37. The van der Waals surface area contributed by atoms with Gasteiger partial charge < -0.3 is 4.57 Å². The van der Waals surface area contributed by atoms with Gasteiger partial charge in [-0.3, -0.25) is 0 Å². The molecule has 0 fully saturated rings. The SMILES string of the molecule is [CH2-]n1c(C(C)C)ccc1C(C)C. The summed E-state index contributed by atoms with van der Waals surface area (Å²) in [5.41, 5.74) is 2.64. The summed E-state index contributed by atoms with van der Waals surface area (Å²) in [4.78, 5) is 0. The first-order valence-corrected chi connectivity index (χ1v) is 4.56. The molecular weight excluding hydrogens is 146 g/mol. The van der Waals surface area contributed by atoms with Gasteiger partial charge in [0.25, 0.3) is 0 Å². The van der Waals surface area contributed by atoms with Crippen LogP contribution in [0.25, 0.3) is 0 Å². The highest BCUT2D eigenvalue weighted by molar-refractivity contribution is 5.22. The molecule has 1 aromatic heterocycles. The van der Waals surface area contributed by atoms with E-state index in [1.807, 2.05) is 0 Å². The maximum Gasteiger partial charge on any atom is -0.0523 e. The summed E-state index contributed by atoms with van der Waals surface area (Å²) in [7, 11) is 4.04. The molecule has 0 spiro atoms. The summed E-state index contributed by atoms with van der Waals surface area (Å²) in [6, 6.07) is 4.35. The molecular formula is C11H18N-. The molecule has 1 heterocycles. The van der Waals surface area contributed by atoms with E-state index in [0.29, 0.717) is 11.8 Å². The zero-order valence-corrected chi connectivity index (χ0v) is 8.46. The quantitative estimate of drug-likeness (QED) is 0.590. The number of hydrogen-bond donors (Lipinski definition) is 0. The van der Waals surface area contributed by atoms with Crippen molar-refractivity contribution in [1.82, 2.24) is 4.57 Å². The first-order valence-electron chi connectivity index (χ1n) is 4.56. The molecule has 1 rings (SSSR count). The van der Waals surface area contributed by atoms with Crippen LogP contribution in [0.5, 0.6) is 0 Å². The lowest BCUT2D eigenvalue weighted by Gasteiger charge is -2.21. The summed E-state index contributed by atoms with van der Waals surface area (Å²) in [5.74, 6) is 1.13. The van der Waals surface area contributed by atoms with Gasteiger partial charge in [0, 0.05) is 0 Å². The molecule has 0 radical (unpaired) electrons. The maximum atomic E-state index is 4.04. The Balaban J connectivity index is 3.04. The molecule has 1 nitrogen and oxygen atoms in total. The van der Waals surface area contributed by atoms with Gasteiger partial charge in [0.1, 0.15) is 0 Å². The monoisotopic (exact) mass is 164 g/mol. The van der Waals surface area contributed by atoms with Crippen molar-refractivity contribution < 1.29 is 0 Å². The van der Waals surface area contributed by atoms with E-state index < -0.39 is 0 Å². The van der Waals surface area contributed by atoms with E-state index >= 15 is 0 Å². The average molecular weight is 164 g/mol. The van der Waals surface area contributed by atoms with Gasteiger partial charge in [-0.2, -0.15) is 0 Å². The fraction of sp³-hybridized carbons (Fsp3) is 0.545. The molecule has 0 aliphatic heterocycles. The summed E-state index contributed by atoms with van der Waals surface area (Å²) in [6.45, 7) is 8.78. The Hall–Kier alpha value is -0.850. The zero-order valence-electron chi connectivity index (χ0n) is 8.46. The number of rotatable bonds is 2. The summed E-state index contributed by atoms with van der Waals surface area (Å²) in [5, 5.41) is 0. The first kappa shape index (κ1) is 9.24. The van der Waals surface area contributed by atoms with Gasteiger partial charge in [-0.1, -0.05) is 50.9 Å². The molecule has 0 aromatic carbocycles. The van der Waals surface area contributed by atoms with Crippen LogP contribution in [-0.2, 0) is 0 Å². The summed E-state index contributed by atoms with van der Waals surface area (Å²) >= 11 is 0. The van der Waals surface area contributed by atoms with Gasteiger partial charge in [-0.15, -0.1) is 19.2 Å². The number of aromatic nitrogens is 1. The van der Waals surface area contributed by atoms with E-state index in [0.717, 1.165) is 0 Å². The first-order chi connectivity index (χ1) is 5.54. The molecule has 1 heteroatoms. The largest absolute Gasteiger partial charge is 0.488 e. The van der Waals surface area contributed by atoms with Gasteiger partial charge in [0.05, 0.1) is 0 Å². The minimum absolute atomic E-state index is 0.565. The van der Waals surface area contributed by atoms with Crippen LogP contribution in [0, 0.1) is 7.05 Å². The van der Waals surface area contributed by atoms with Gasteiger partial charge in [0.2, 0.25) is 0 Å². The standard InChI is InChI=1S/C11H18N/c1-8(2)10-6-7-11(9(3)4)12(10)5/h6-9H,5H2,1-4H3/q-1. The van der Waals surface area contributed by atoms with Crippen molar-refractivity contribution in [3.8, 4) is 0 Å². The van der Waals surface area contributed by atoms with Crippen LogP contribution >= 0.6 is 0 Å². The fourth-order valence-corrected chi connectivity index (χ4v) is 1.51. The normalized spacial score (nSPS) is 11.5. The van der Waals surface area contributed by atoms with Crippen molar-refractivity contribution in [3.63, 3.8) is 0 Å². The van der Waals surface area contributed by atoms with Gasteiger partial charge in [-0.05, 0) is 0 Å². The molecule has 0 amide bonds. The van der Waals surface area contributed by atoms with Crippen molar-refractivity contribution in [2.24, 2.45) is 0 Å². The molecule has 0 N–H and O–H groups in total. The minimum Gasteiger partial charge on any atom is -0.488 e. The number of nitrogens with zero attached hydrogens (tertiary/aromatic N) is 1. The molecule has 12 heavy (non-hydrogen) atoms. The van der Waals surface area contributed by atoms with Crippen molar-refractivity contribution in [2.45, 2.75) is 39.5 Å². The van der Waals surface area contributed by atoms with Crippen LogP contribution in [0.4, 0.5) is 0 Å². The molecule has 0 aliphatic rings. The van der Waals surface area contributed by atoms with Gasteiger partial charge in [-0.25, -0.2) is 0 Å². The predicted molar refractivity (Wildman–Crippen MR) is 53.4 cm³/mol. The van der Waals surface area contributed by atoms with Gasteiger partial charge >= 0.3 is 0 Å². The molecule has 0 atom stereocenters. The minimum atomic E-state index is 0.565. The topological polar surface area (TPSA) is 4.93 Å². The third kappa shape index (κ3) is 1.50. The lowest BCUT2D eigenvalue weighted by molar-refractivity contribution is 0.724. The second kappa shape index (κ2) is 3.26. The molecule has 0 unspecified atom stereocenters. The number of hydrogen-bond acceptors (Lipinski definition) is 0. The highest BCUT2D eigenvalue weighted by Crippen LogP contribution is 2.22. The van der Waals surface area contributed by atoms with E-state index in [4.69, 9.17) is 0 Å². The molecule has 0 bridgehead atoms. The molecule has 1 aromatic rings. The van der Waals surface area contributed by atoms with E-state index in [-0.39, 0.29) is 0 Å². The Kier molecular flexibility index (Phi) is 2.51. The van der Waals surface area contributed by atoms with Crippen molar-refractivity contribution in [2.75, 3.05) is 0 Å². The van der Waals surface area contributed by atoms with Gasteiger partial charge in [0.15, 0.2) is 0 Å². The Morgan fingerprint density at radius 3 is 1.50 bits per heavy atom. The van der Waals surface area contributed by atoms with Crippen molar-refractivity contribution in [1.29, 1.82) is 0 Å². The highest BCUT2D eigenvalue weighted by Gasteiger charge is 2.01. The van der Waals surface area contributed by atoms with E-state index in [1.54, 1.807) is 0 Å². The van der Waals surface area contributed by atoms with Crippen molar-refractivity contribution in [3.05, 3.63) is 30.6 Å². The van der Waals surface area contributed by atoms with Crippen LogP contribution < -0.4 is 0 Å². The van der Waals surface area contributed by atoms with E-state index in [9.17, 15) is 0 Å². The van der Waals surface area contributed by atoms with Crippen LogP contribution in [-0.4, -0.2) is 4.57 Å². The fourth-order valence-electron chi connectivity index (χ4n) is 1.51. The Labute approximate surface area is 75.4 Å². The second-order valence-corrected chi connectivity index (χ2v) is 3.92. The smallest absolute Gasteiger partial charge is 0.0523 e. The Bertz CT molecular complexity index is 230. The van der Waals surface area contributed by atoms with Crippen molar-refractivity contribution >= 4 is 0 Å². The summed E-state index contributed by atoms with van der Waals surface area (Å²) < 4.78 is 2.06. The third-order valence-electron chi connectivity index (χ3n) is 2.23. The lowest BCUT2D eigenvalue weighted by atomic mass is 10.1. The zero-order chi connectivity index (χ0) is 9.30. The Morgan fingerprint density at radius 1 is 1.00 bits per heavy atom. The average Bonchev–Trinajstić information content (AvgIpc) is 2.30. The highest BCUT2D eigenvalue weighted by atomic mass is 15.0. The van der Waals surface area contributed by atoms with Crippen LogP contribution in [0.2, 0.25) is 0 Å². The molecule has 68 valence electrons. The maximum absolute atomic E-state index is 4.04. The molecule has 0 saturated heterocycles. The van der Waals surface area contributed by atoms with Crippen LogP contribution in [0.15, 0.2) is 12.1 Å². The second-order valence-electron chi connectivity index (χ2n) is 3.92. The third-order valence-corrected chi connectivity index (χ3v) is 2.23. The molecule has 0 aliphatic carbocycles. The summed E-state index contributed by atoms with van der Waals surface area (Å²) in [6.07, 6.45) is 0. The Morgan fingerprint density at radius 2 is 1.33 bits per heavy atom. The van der Waals surface area contributed by atoms with E-state index in [2.05, 4.69) is 51.4 Å². The molecule has 0 saturated carbocycles. The lowest BCUT2D eigenvalue weighted by Crippen LogP contribution is -2.01.